The largest absolute Gasteiger partial charge is 0.312 e. The molecule has 1 aliphatic heterocycles. The van der Waals surface area contributed by atoms with Crippen molar-refractivity contribution in [1.82, 2.24) is 0 Å². The second-order valence-electron chi connectivity index (χ2n) is 2.44. The Kier molecular flexibility index (Phi) is 3.99. The van der Waals surface area contributed by atoms with E-state index in [1.807, 2.05) is 6.21 Å². The normalized spacial score (nSPS) is 24.5. The molecule has 4 heteroatoms. The number of nitrogens with two attached hydrogens (primary N) is 1. The fourth-order valence-corrected chi connectivity index (χ4v) is 1.97. The van der Waals surface area contributed by atoms with Crippen LogP contribution in [0, 0.1) is 5.92 Å². The molecule has 1 atom stereocenters. The Labute approximate surface area is 80.3 Å². The molecule has 0 aromatic carbocycles. The van der Waals surface area contributed by atoms with E-state index in [4.69, 9.17) is 5.73 Å². The van der Waals surface area contributed by atoms with Crippen LogP contribution < -0.4 is 5.73 Å². The number of hydrogen-bond donors (Lipinski definition) is 1. The third kappa shape index (κ3) is 2.52. The molecule has 1 rings (SSSR count). The highest BCUT2D eigenvalue weighted by molar-refractivity contribution is 14.1. The topological polar surface area (TPSA) is 50.7 Å². The van der Waals surface area contributed by atoms with Crippen molar-refractivity contribution >= 4 is 34.5 Å². The zero-order valence-corrected chi connectivity index (χ0v) is 8.49. The summed E-state index contributed by atoms with van der Waals surface area (Å²) in [4.78, 5) is 8.30. The highest BCUT2D eigenvalue weighted by Crippen LogP contribution is 2.15. The van der Waals surface area contributed by atoms with E-state index >= 15 is 0 Å². The van der Waals surface area contributed by atoms with E-state index < -0.39 is 0 Å². The number of aliphatic imine (C=N–C) groups is 2. The summed E-state index contributed by atoms with van der Waals surface area (Å²) in [5.74, 6) is 0.617. The molecule has 0 aliphatic carbocycles. The Morgan fingerprint density at radius 1 is 1.82 bits per heavy atom. The van der Waals surface area contributed by atoms with E-state index in [9.17, 15) is 0 Å². The molecule has 1 aliphatic rings. The minimum absolute atomic E-state index is 0.368. The summed E-state index contributed by atoms with van der Waals surface area (Å²) in [7, 11) is 0. The van der Waals surface area contributed by atoms with Gasteiger partial charge in [0, 0.05) is 23.1 Å². The second kappa shape index (κ2) is 4.82. The summed E-state index contributed by atoms with van der Waals surface area (Å²) in [6.07, 6.45) is 2.99. The molecule has 0 saturated heterocycles. The Hall–Kier alpha value is 0.0300. The third-order valence-electron chi connectivity index (χ3n) is 1.71. The molecule has 0 fully saturated rings. The van der Waals surface area contributed by atoms with E-state index in [1.54, 1.807) is 0 Å². The predicted molar refractivity (Wildman–Crippen MR) is 56.8 cm³/mol. The maximum absolute atomic E-state index is 5.24. The van der Waals surface area contributed by atoms with Gasteiger partial charge in [-0.05, 0) is 6.42 Å². The first-order valence-corrected chi connectivity index (χ1v) is 5.21. The van der Waals surface area contributed by atoms with Gasteiger partial charge in [-0.1, -0.05) is 22.6 Å². The zero-order chi connectivity index (χ0) is 8.10. The maximum atomic E-state index is 5.24. The van der Waals surface area contributed by atoms with Gasteiger partial charge in [-0.3, -0.25) is 9.98 Å². The van der Waals surface area contributed by atoms with Crippen molar-refractivity contribution in [3.05, 3.63) is 0 Å². The summed E-state index contributed by atoms with van der Waals surface area (Å²) >= 11 is 2.38. The lowest BCUT2D eigenvalue weighted by molar-refractivity contribution is 0.773. The SMILES string of the molecule is NCN=CC1=NCCC1CI. The number of hydrogen-bond acceptors (Lipinski definition) is 3. The molecule has 1 unspecified atom stereocenters. The molecule has 0 bridgehead atoms. The number of rotatable bonds is 3. The smallest absolute Gasteiger partial charge is 0.0860 e. The number of alkyl halides is 1. The van der Waals surface area contributed by atoms with Crippen molar-refractivity contribution in [1.29, 1.82) is 0 Å². The molecule has 2 N–H and O–H groups in total. The lowest BCUT2D eigenvalue weighted by Crippen LogP contribution is -2.13. The van der Waals surface area contributed by atoms with E-state index in [2.05, 4.69) is 32.6 Å². The predicted octanol–water partition coefficient (Wildman–Crippen LogP) is 0.869. The number of nitrogens with zero attached hydrogens (tertiary/aromatic N) is 2. The Bertz CT molecular complexity index is 177. The quantitative estimate of drug-likeness (QED) is 0.459. The molecular formula is C7H12IN3. The van der Waals surface area contributed by atoms with Crippen molar-refractivity contribution in [3.63, 3.8) is 0 Å². The minimum atomic E-state index is 0.368. The fraction of sp³-hybridized carbons (Fsp3) is 0.714. The van der Waals surface area contributed by atoms with Crippen LogP contribution >= 0.6 is 22.6 Å². The highest BCUT2D eigenvalue weighted by Gasteiger charge is 2.17. The molecule has 0 amide bonds. The van der Waals surface area contributed by atoms with Gasteiger partial charge in [-0.25, -0.2) is 0 Å². The zero-order valence-electron chi connectivity index (χ0n) is 6.33. The van der Waals surface area contributed by atoms with Crippen LogP contribution in [-0.4, -0.2) is 29.6 Å². The van der Waals surface area contributed by atoms with Gasteiger partial charge < -0.3 is 5.73 Å². The molecule has 62 valence electrons. The minimum Gasteiger partial charge on any atom is -0.312 e. The van der Waals surface area contributed by atoms with Crippen molar-refractivity contribution in [3.8, 4) is 0 Å². The molecule has 0 saturated carbocycles. The maximum Gasteiger partial charge on any atom is 0.0860 e. The molecule has 0 aromatic rings. The van der Waals surface area contributed by atoms with E-state index in [1.165, 1.54) is 6.42 Å². The molecule has 0 aromatic heterocycles. The van der Waals surface area contributed by atoms with Crippen LogP contribution in [0.3, 0.4) is 0 Å². The molecule has 1 heterocycles. The van der Waals surface area contributed by atoms with Gasteiger partial charge in [0.25, 0.3) is 0 Å². The van der Waals surface area contributed by atoms with Gasteiger partial charge in [0.2, 0.25) is 0 Å². The van der Waals surface area contributed by atoms with Gasteiger partial charge in [-0.15, -0.1) is 0 Å². The van der Waals surface area contributed by atoms with Crippen molar-refractivity contribution in [2.45, 2.75) is 6.42 Å². The van der Waals surface area contributed by atoms with E-state index in [0.717, 1.165) is 16.7 Å². The van der Waals surface area contributed by atoms with Crippen LogP contribution in [0.5, 0.6) is 0 Å². The lowest BCUT2D eigenvalue weighted by atomic mass is 10.1. The van der Waals surface area contributed by atoms with Gasteiger partial charge in [0.15, 0.2) is 0 Å². The van der Waals surface area contributed by atoms with Crippen LogP contribution in [0.4, 0.5) is 0 Å². The summed E-state index contributed by atoms with van der Waals surface area (Å²) in [6, 6.07) is 0. The summed E-state index contributed by atoms with van der Waals surface area (Å²) in [6.45, 7) is 1.33. The Balaban J connectivity index is 2.49. The standard InChI is InChI=1S/C7H12IN3/c8-3-6-1-2-11-7(6)4-10-5-9/h4,6H,1-3,5,9H2. The second-order valence-corrected chi connectivity index (χ2v) is 3.32. The monoisotopic (exact) mass is 265 g/mol. The third-order valence-corrected chi connectivity index (χ3v) is 2.77. The number of halogens is 1. The first-order valence-electron chi connectivity index (χ1n) is 3.68. The van der Waals surface area contributed by atoms with E-state index in [0.29, 0.717) is 12.6 Å². The van der Waals surface area contributed by atoms with Gasteiger partial charge in [-0.2, -0.15) is 0 Å². The van der Waals surface area contributed by atoms with E-state index in [-0.39, 0.29) is 0 Å². The van der Waals surface area contributed by atoms with Crippen LogP contribution in [0.15, 0.2) is 9.98 Å². The van der Waals surface area contributed by atoms with Crippen LogP contribution in [-0.2, 0) is 0 Å². The molecule has 0 radical (unpaired) electrons. The first kappa shape index (κ1) is 9.12. The first-order chi connectivity index (χ1) is 5.38. The Morgan fingerprint density at radius 3 is 3.27 bits per heavy atom. The Morgan fingerprint density at radius 2 is 2.64 bits per heavy atom. The van der Waals surface area contributed by atoms with Crippen LogP contribution in [0.1, 0.15) is 6.42 Å². The van der Waals surface area contributed by atoms with Crippen molar-refractivity contribution in [2.24, 2.45) is 21.6 Å². The molecule has 0 spiro atoms. The van der Waals surface area contributed by atoms with Crippen molar-refractivity contribution in [2.75, 3.05) is 17.6 Å². The fourth-order valence-electron chi connectivity index (χ4n) is 1.08. The van der Waals surface area contributed by atoms with Crippen molar-refractivity contribution < 1.29 is 0 Å². The van der Waals surface area contributed by atoms with Gasteiger partial charge >= 0.3 is 0 Å². The average Bonchev–Trinajstić information content (AvgIpc) is 2.47. The van der Waals surface area contributed by atoms with Gasteiger partial charge in [0.05, 0.1) is 12.4 Å². The van der Waals surface area contributed by atoms with Crippen LogP contribution in [0.2, 0.25) is 0 Å². The summed E-state index contributed by atoms with van der Waals surface area (Å²) in [5, 5.41) is 0. The van der Waals surface area contributed by atoms with Gasteiger partial charge in [0.1, 0.15) is 0 Å². The molecular weight excluding hydrogens is 253 g/mol. The highest BCUT2D eigenvalue weighted by atomic mass is 127. The lowest BCUT2D eigenvalue weighted by Gasteiger charge is -2.02. The summed E-state index contributed by atoms with van der Waals surface area (Å²) < 4.78 is 1.13. The molecule has 11 heavy (non-hydrogen) atoms. The molecule has 3 nitrogen and oxygen atoms in total. The van der Waals surface area contributed by atoms with Crippen LogP contribution in [0.25, 0.3) is 0 Å². The summed E-state index contributed by atoms with van der Waals surface area (Å²) in [5.41, 5.74) is 6.37. The average molecular weight is 265 g/mol.